The molecule has 38 heavy (non-hydrogen) atoms. The molecule has 1 atom stereocenters. The number of esters is 1. The number of aliphatic carboxylic acids is 1. The molecule has 0 aliphatic carbocycles. The van der Waals surface area contributed by atoms with Gasteiger partial charge in [-0.2, -0.15) is 0 Å². The molecule has 0 aliphatic rings. The molecular formula is C34H64O4. The number of rotatable bonds is 30. The van der Waals surface area contributed by atoms with Crippen LogP contribution < -0.4 is 0 Å². The van der Waals surface area contributed by atoms with E-state index in [-0.39, 0.29) is 18.5 Å². The Bertz CT molecular complexity index is 543. The van der Waals surface area contributed by atoms with E-state index in [2.05, 4.69) is 26.0 Å². The summed E-state index contributed by atoms with van der Waals surface area (Å²) in [6.45, 7) is 4.51. The predicted molar refractivity (Wildman–Crippen MR) is 163 cm³/mol. The lowest BCUT2D eigenvalue weighted by Gasteiger charge is -2.18. The molecule has 4 heteroatoms. The molecule has 0 aromatic heterocycles. The van der Waals surface area contributed by atoms with Crippen LogP contribution in [0.15, 0.2) is 12.2 Å². The van der Waals surface area contributed by atoms with Gasteiger partial charge < -0.3 is 9.84 Å². The molecule has 0 saturated heterocycles. The van der Waals surface area contributed by atoms with Gasteiger partial charge in [0.2, 0.25) is 0 Å². The third-order valence-electron chi connectivity index (χ3n) is 7.49. The highest BCUT2D eigenvalue weighted by Crippen LogP contribution is 2.18. The summed E-state index contributed by atoms with van der Waals surface area (Å²) in [5, 5.41) is 8.76. The minimum Gasteiger partial charge on any atom is -0.481 e. The van der Waals surface area contributed by atoms with Gasteiger partial charge in [-0.05, 0) is 64.2 Å². The number of hydrogen-bond donors (Lipinski definition) is 1. The van der Waals surface area contributed by atoms with Crippen LogP contribution in [0.25, 0.3) is 0 Å². The average Bonchev–Trinajstić information content (AvgIpc) is 2.89. The second-order valence-electron chi connectivity index (χ2n) is 11.3. The van der Waals surface area contributed by atoms with Crippen molar-refractivity contribution >= 4 is 11.9 Å². The second kappa shape index (κ2) is 30.2. The standard InChI is InChI=1S/C34H64O4/c1-3-5-7-9-11-12-13-14-15-16-18-23-27-31-34(37)38-32(28-24-20-17-10-8-6-4-2)29-25-21-19-22-26-30-33(35)36/h12-13,32H,3-11,14-31H2,1-2H3,(H,35,36)/b13-12-/t32-/m0/s1. The third kappa shape index (κ3) is 29.2. The first-order chi connectivity index (χ1) is 18.6. The van der Waals surface area contributed by atoms with Gasteiger partial charge in [0.05, 0.1) is 0 Å². The summed E-state index contributed by atoms with van der Waals surface area (Å²) in [5.74, 6) is -0.710. The Morgan fingerprint density at radius 3 is 1.45 bits per heavy atom. The Balaban J connectivity index is 3.99. The van der Waals surface area contributed by atoms with Crippen molar-refractivity contribution < 1.29 is 19.4 Å². The highest BCUT2D eigenvalue weighted by molar-refractivity contribution is 5.69. The summed E-state index contributed by atoms with van der Waals surface area (Å²) in [5.41, 5.74) is 0. The van der Waals surface area contributed by atoms with E-state index in [9.17, 15) is 9.59 Å². The summed E-state index contributed by atoms with van der Waals surface area (Å²) in [6, 6.07) is 0. The number of ether oxygens (including phenoxy) is 1. The van der Waals surface area contributed by atoms with E-state index < -0.39 is 5.97 Å². The molecule has 0 aromatic rings. The van der Waals surface area contributed by atoms with Crippen molar-refractivity contribution in [1.82, 2.24) is 0 Å². The highest BCUT2D eigenvalue weighted by atomic mass is 16.5. The molecule has 0 heterocycles. The van der Waals surface area contributed by atoms with Crippen molar-refractivity contribution in [2.24, 2.45) is 0 Å². The maximum Gasteiger partial charge on any atom is 0.306 e. The van der Waals surface area contributed by atoms with Crippen LogP contribution in [-0.4, -0.2) is 23.1 Å². The Kier molecular flexibility index (Phi) is 29.2. The first-order valence-electron chi connectivity index (χ1n) is 16.7. The monoisotopic (exact) mass is 536 g/mol. The fourth-order valence-electron chi connectivity index (χ4n) is 5.00. The fourth-order valence-corrected chi connectivity index (χ4v) is 5.00. The first-order valence-corrected chi connectivity index (χ1v) is 16.7. The summed E-state index contributed by atoms with van der Waals surface area (Å²) in [6.07, 6.45) is 35.0. The van der Waals surface area contributed by atoms with Crippen LogP contribution in [-0.2, 0) is 14.3 Å². The SMILES string of the molecule is CCCCCC/C=C\CCCCCCCC(=O)O[C@@H](CCCCCCCCC)CCCCCCCC(=O)O. The molecule has 0 aromatic carbocycles. The van der Waals surface area contributed by atoms with Gasteiger partial charge in [0.1, 0.15) is 6.10 Å². The van der Waals surface area contributed by atoms with E-state index in [0.717, 1.165) is 64.2 Å². The lowest BCUT2D eigenvalue weighted by Crippen LogP contribution is -2.18. The first kappa shape index (κ1) is 36.7. The zero-order valence-electron chi connectivity index (χ0n) is 25.5. The number of hydrogen-bond acceptors (Lipinski definition) is 3. The van der Waals surface area contributed by atoms with Crippen LogP contribution in [0.1, 0.15) is 187 Å². The molecule has 0 radical (unpaired) electrons. The molecule has 1 N–H and O–H groups in total. The largest absolute Gasteiger partial charge is 0.481 e. The number of carbonyl (C=O) groups is 2. The quantitative estimate of drug-likeness (QED) is 0.0563. The molecule has 4 nitrogen and oxygen atoms in total. The number of carboxylic acid groups (broad SMARTS) is 1. The maximum absolute atomic E-state index is 12.5. The highest BCUT2D eigenvalue weighted by Gasteiger charge is 2.14. The van der Waals surface area contributed by atoms with Crippen LogP contribution in [0.2, 0.25) is 0 Å². The number of carboxylic acids is 1. The Hall–Kier alpha value is -1.32. The van der Waals surface area contributed by atoms with E-state index in [1.165, 1.54) is 96.3 Å². The molecule has 0 spiro atoms. The van der Waals surface area contributed by atoms with E-state index in [0.29, 0.717) is 6.42 Å². The van der Waals surface area contributed by atoms with Crippen molar-refractivity contribution in [2.75, 3.05) is 0 Å². The van der Waals surface area contributed by atoms with Gasteiger partial charge in [0.15, 0.2) is 0 Å². The minimum absolute atomic E-state index is 0.00888. The van der Waals surface area contributed by atoms with Gasteiger partial charge in [-0.1, -0.05) is 122 Å². The van der Waals surface area contributed by atoms with Gasteiger partial charge in [-0.25, -0.2) is 0 Å². The molecule has 0 saturated carbocycles. The van der Waals surface area contributed by atoms with Crippen molar-refractivity contribution in [3.63, 3.8) is 0 Å². The van der Waals surface area contributed by atoms with Crippen molar-refractivity contribution in [2.45, 2.75) is 193 Å². The van der Waals surface area contributed by atoms with Crippen LogP contribution in [0, 0.1) is 0 Å². The van der Waals surface area contributed by atoms with Gasteiger partial charge in [0, 0.05) is 12.8 Å². The lowest BCUT2D eigenvalue weighted by atomic mass is 10.0. The van der Waals surface area contributed by atoms with Crippen LogP contribution >= 0.6 is 0 Å². The van der Waals surface area contributed by atoms with E-state index in [1.807, 2.05) is 0 Å². The van der Waals surface area contributed by atoms with Gasteiger partial charge in [-0.15, -0.1) is 0 Å². The van der Waals surface area contributed by atoms with Crippen LogP contribution in [0.4, 0.5) is 0 Å². The fraction of sp³-hybridized carbons (Fsp3) is 0.882. The molecular weight excluding hydrogens is 472 g/mol. The predicted octanol–water partition coefficient (Wildman–Crippen LogP) is 11.1. The van der Waals surface area contributed by atoms with E-state index >= 15 is 0 Å². The van der Waals surface area contributed by atoms with Crippen molar-refractivity contribution in [3.8, 4) is 0 Å². The maximum atomic E-state index is 12.5. The number of allylic oxidation sites excluding steroid dienone is 2. The summed E-state index contributed by atoms with van der Waals surface area (Å²) >= 11 is 0. The molecule has 0 aliphatic heterocycles. The number of carbonyl (C=O) groups excluding carboxylic acids is 1. The molecule has 0 rings (SSSR count). The molecule has 224 valence electrons. The van der Waals surface area contributed by atoms with Crippen LogP contribution in [0.5, 0.6) is 0 Å². The molecule has 0 bridgehead atoms. The Morgan fingerprint density at radius 2 is 0.947 bits per heavy atom. The molecule has 0 unspecified atom stereocenters. The van der Waals surface area contributed by atoms with Gasteiger partial charge >= 0.3 is 11.9 Å². The Morgan fingerprint density at radius 1 is 0.553 bits per heavy atom. The zero-order chi connectivity index (χ0) is 27.9. The molecule has 0 fully saturated rings. The summed E-state index contributed by atoms with van der Waals surface area (Å²) < 4.78 is 5.94. The third-order valence-corrected chi connectivity index (χ3v) is 7.49. The zero-order valence-corrected chi connectivity index (χ0v) is 25.5. The van der Waals surface area contributed by atoms with E-state index in [4.69, 9.17) is 9.84 Å². The smallest absolute Gasteiger partial charge is 0.306 e. The normalized spacial score (nSPS) is 12.3. The van der Waals surface area contributed by atoms with Gasteiger partial charge in [0.25, 0.3) is 0 Å². The van der Waals surface area contributed by atoms with Crippen molar-refractivity contribution in [3.05, 3.63) is 12.2 Å². The number of unbranched alkanes of at least 4 members (excludes halogenated alkanes) is 19. The Labute approximate surface area is 236 Å². The topological polar surface area (TPSA) is 63.6 Å². The molecule has 0 amide bonds. The van der Waals surface area contributed by atoms with Crippen LogP contribution in [0.3, 0.4) is 0 Å². The minimum atomic E-state index is -0.702. The van der Waals surface area contributed by atoms with Gasteiger partial charge in [-0.3, -0.25) is 9.59 Å². The second-order valence-corrected chi connectivity index (χ2v) is 11.3. The summed E-state index contributed by atoms with van der Waals surface area (Å²) in [4.78, 5) is 23.2. The summed E-state index contributed by atoms with van der Waals surface area (Å²) in [7, 11) is 0. The van der Waals surface area contributed by atoms with Crippen molar-refractivity contribution in [1.29, 1.82) is 0 Å². The lowest BCUT2D eigenvalue weighted by molar-refractivity contribution is -0.150. The average molecular weight is 537 g/mol. The van der Waals surface area contributed by atoms with E-state index in [1.54, 1.807) is 0 Å².